The van der Waals surface area contributed by atoms with Gasteiger partial charge in [-0.15, -0.1) is 11.3 Å². The van der Waals surface area contributed by atoms with Gasteiger partial charge in [-0.3, -0.25) is 9.48 Å². The van der Waals surface area contributed by atoms with Gasteiger partial charge in [-0.25, -0.2) is 4.39 Å². The average Bonchev–Trinajstić information content (AvgIpc) is 3.26. The van der Waals surface area contributed by atoms with Crippen LogP contribution in [0.2, 0.25) is 5.02 Å². The molecule has 0 amide bonds. The molecule has 2 atom stereocenters. The topological polar surface area (TPSA) is 81.1 Å². The van der Waals surface area contributed by atoms with Crippen LogP contribution in [0.5, 0.6) is 0 Å². The first-order chi connectivity index (χ1) is 14.0. The van der Waals surface area contributed by atoms with Crippen molar-refractivity contribution in [2.75, 3.05) is 6.54 Å². The minimum atomic E-state index is -0.660. The Morgan fingerprint density at radius 2 is 2.28 bits per heavy atom. The van der Waals surface area contributed by atoms with E-state index in [4.69, 9.17) is 17.3 Å². The lowest BCUT2D eigenvalue weighted by Crippen LogP contribution is -2.20. The highest BCUT2D eigenvalue weighted by Crippen LogP contribution is 2.42. The zero-order valence-corrected chi connectivity index (χ0v) is 17.2. The summed E-state index contributed by atoms with van der Waals surface area (Å²) in [6.07, 6.45) is 2.23. The Balaban J connectivity index is 1.57. The van der Waals surface area contributed by atoms with Crippen molar-refractivity contribution in [1.82, 2.24) is 9.78 Å². The summed E-state index contributed by atoms with van der Waals surface area (Å²) in [6, 6.07) is 8.16. The van der Waals surface area contributed by atoms with E-state index in [0.29, 0.717) is 35.8 Å². The number of hydrogen-bond donors (Lipinski definition) is 2. The van der Waals surface area contributed by atoms with Gasteiger partial charge in [0.2, 0.25) is 0 Å². The van der Waals surface area contributed by atoms with Crippen LogP contribution in [-0.2, 0) is 13.0 Å². The lowest BCUT2D eigenvalue weighted by Gasteiger charge is -2.13. The Labute approximate surface area is 176 Å². The van der Waals surface area contributed by atoms with E-state index in [9.17, 15) is 14.3 Å². The number of benzene rings is 1. The number of aliphatic hydroxyl groups excluding tert-OH is 1. The van der Waals surface area contributed by atoms with Crippen molar-refractivity contribution in [3.8, 4) is 11.3 Å². The molecule has 1 aliphatic heterocycles. The molecule has 1 unspecified atom stereocenters. The van der Waals surface area contributed by atoms with E-state index in [-0.39, 0.29) is 23.9 Å². The number of carbonyl (C=O) groups is 1. The predicted molar refractivity (Wildman–Crippen MR) is 112 cm³/mol. The fourth-order valence-corrected chi connectivity index (χ4v) is 5.12. The van der Waals surface area contributed by atoms with Crippen LogP contribution in [0.4, 0.5) is 4.39 Å². The van der Waals surface area contributed by atoms with Crippen LogP contribution in [0.3, 0.4) is 0 Å². The molecule has 2 aromatic heterocycles. The Bertz CT molecular complexity index is 1050. The molecule has 0 bridgehead atoms. The normalized spacial score (nSPS) is 16.8. The summed E-state index contributed by atoms with van der Waals surface area (Å²) in [6.45, 7) is 0.894. The maximum atomic E-state index is 13.4. The number of aromatic nitrogens is 2. The second-order valence-corrected chi connectivity index (χ2v) is 8.81. The van der Waals surface area contributed by atoms with E-state index < -0.39 is 6.10 Å². The number of rotatable bonds is 6. The molecular formula is C21H21ClFN3O2S. The molecule has 1 aromatic carbocycles. The van der Waals surface area contributed by atoms with E-state index in [0.717, 1.165) is 21.7 Å². The number of fused-ring (bicyclic) bond motifs is 3. The summed E-state index contributed by atoms with van der Waals surface area (Å²) in [7, 11) is 0. The van der Waals surface area contributed by atoms with Gasteiger partial charge in [0, 0.05) is 23.4 Å². The molecule has 3 aromatic rings. The quantitative estimate of drug-likeness (QED) is 0.570. The number of carbonyl (C=O) groups excluding carboxylic acids is 1. The van der Waals surface area contributed by atoms with Crippen LogP contribution in [0, 0.1) is 11.7 Å². The fourth-order valence-electron chi connectivity index (χ4n) is 3.75. The van der Waals surface area contributed by atoms with Crippen molar-refractivity contribution in [2.45, 2.75) is 31.9 Å². The summed E-state index contributed by atoms with van der Waals surface area (Å²) in [5.41, 5.74) is 8.21. The first-order valence-electron chi connectivity index (χ1n) is 9.47. The molecule has 0 fully saturated rings. The number of nitrogens with two attached hydrogens (primary N) is 1. The van der Waals surface area contributed by atoms with Gasteiger partial charge in [0.15, 0.2) is 5.78 Å². The first kappa shape index (κ1) is 20.2. The lowest BCUT2D eigenvalue weighted by molar-refractivity contribution is 0.0966. The number of Topliss-reactive ketones (excluding diaryl/α,β-unsaturated/α-hetero) is 1. The SMILES string of the molecule is NC[C@@H](CC(=O)c1cc2c(s1)C(O)CCn1ncc(Cl)c1-2)Cc1cccc(F)c1. The molecule has 0 radical (unpaired) electrons. The third-order valence-corrected chi connectivity index (χ3v) is 6.78. The first-order valence-corrected chi connectivity index (χ1v) is 10.7. The fraction of sp³-hybridized carbons (Fsp3) is 0.333. The van der Waals surface area contributed by atoms with Crippen LogP contribution >= 0.6 is 22.9 Å². The highest BCUT2D eigenvalue weighted by Gasteiger charge is 2.28. The molecule has 0 saturated carbocycles. The number of nitrogens with zero attached hydrogens (tertiary/aromatic N) is 2. The largest absolute Gasteiger partial charge is 0.387 e. The van der Waals surface area contributed by atoms with Crippen molar-refractivity contribution < 1.29 is 14.3 Å². The molecule has 3 N–H and O–H groups in total. The molecule has 5 nitrogen and oxygen atoms in total. The number of hydrogen-bond acceptors (Lipinski definition) is 5. The van der Waals surface area contributed by atoms with E-state index >= 15 is 0 Å². The predicted octanol–water partition coefficient (Wildman–Crippen LogP) is 4.23. The second kappa shape index (κ2) is 8.36. The molecule has 152 valence electrons. The monoisotopic (exact) mass is 433 g/mol. The van der Waals surface area contributed by atoms with Gasteiger partial charge < -0.3 is 10.8 Å². The highest BCUT2D eigenvalue weighted by atomic mass is 35.5. The van der Waals surface area contributed by atoms with Gasteiger partial charge in [0.05, 0.1) is 27.9 Å². The number of ketones is 1. The molecule has 0 aliphatic carbocycles. The Morgan fingerprint density at radius 1 is 1.45 bits per heavy atom. The van der Waals surface area contributed by atoms with E-state index in [1.54, 1.807) is 23.0 Å². The zero-order valence-electron chi connectivity index (χ0n) is 15.6. The second-order valence-electron chi connectivity index (χ2n) is 7.32. The molecule has 4 rings (SSSR count). The summed E-state index contributed by atoms with van der Waals surface area (Å²) >= 11 is 7.61. The molecule has 8 heteroatoms. The van der Waals surface area contributed by atoms with Crippen LogP contribution < -0.4 is 5.73 Å². The van der Waals surface area contributed by atoms with Crippen LogP contribution in [0.25, 0.3) is 11.3 Å². The summed E-state index contributed by atoms with van der Waals surface area (Å²) < 4.78 is 15.2. The van der Waals surface area contributed by atoms with Gasteiger partial charge in [-0.05, 0) is 49.1 Å². The summed E-state index contributed by atoms with van der Waals surface area (Å²) in [5.74, 6) is -0.427. The van der Waals surface area contributed by atoms with Crippen LogP contribution in [0.1, 0.15) is 39.1 Å². The van der Waals surface area contributed by atoms with Gasteiger partial charge in [-0.2, -0.15) is 5.10 Å². The number of aliphatic hydroxyl groups is 1. The summed E-state index contributed by atoms with van der Waals surface area (Å²) in [4.78, 5) is 14.3. The molecule has 0 spiro atoms. The average molecular weight is 434 g/mol. The Kier molecular flexibility index (Phi) is 5.83. The van der Waals surface area contributed by atoms with Gasteiger partial charge in [-0.1, -0.05) is 23.7 Å². The summed E-state index contributed by atoms with van der Waals surface area (Å²) in [5, 5.41) is 15.3. The van der Waals surface area contributed by atoms with Crippen molar-refractivity contribution in [1.29, 1.82) is 0 Å². The van der Waals surface area contributed by atoms with Crippen molar-refractivity contribution in [2.24, 2.45) is 11.7 Å². The van der Waals surface area contributed by atoms with Gasteiger partial charge in [0.1, 0.15) is 5.82 Å². The van der Waals surface area contributed by atoms with E-state index in [1.807, 2.05) is 6.07 Å². The molecule has 29 heavy (non-hydrogen) atoms. The van der Waals surface area contributed by atoms with Crippen LogP contribution in [0.15, 0.2) is 36.5 Å². The van der Waals surface area contributed by atoms with Crippen molar-refractivity contribution in [3.05, 3.63) is 62.7 Å². The third kappa shape index (κ3) is 4.14. The lowest BCUT2D eigenvalue weighted by atomic mass is 9.93. The maximum Gasteiger partial charge on any atom is 0.173 e. The van der Waals surface area contributed by atoms with Crippen LogP contribution in [-0.4, -0.2) is 27.2 Å². The number of thiophene rings is 1. The molecule has 3 heterocycles. The standard InChI is InChI=1S/C21H21ClFN3O2S/c22-16-11-25-26-5-4-17(27)21-15(20(16)26)9-19(29-21)18(28)8-13(10-24)6-12-2-1-3-14(23)7-12/h1-3,7,9,11,13,17,27H,4-6,8,10,24H2/t13-,17?/m1/s1. The number of halogens is 2. The molecular weight excluding hydrogens is 413 g/mol. The van der Waals surface area contributed by atoms with E-state index in [1.165, 1.54) is 23.5 Å². The smallest absolute Gasteiger partial charge is 0.173 e. The van der Waals surface area contributed by atoms with Gasteiger partial charge in [0.25, 0.3) is 0 Å². The molecule has 0 saturated heterocycles. The third-order valence-electron chi connectivity index (χ3n) is 5.22. The molecule has 1 aliphatic rings. The minimum absolute atomic E-state index is 0.0377. The maximum absolute atomic E-state index is 13.4. The Morgan fingerprint density at radius 3 is 3.03 bits per heavy atom. The number of aryl methyl sites for hydroxylation is 1. The van der Waals surface area contributed by atoms with Gasteiger partial charge >= 0.3 is 0 Å². The zero-order chi connectivity index (χ0) is 20.5. The van der Waals surface area contributed by atoms with Crippen molar-refractivity contribution >= 4 is 28.7 Å². The van der Waals surface area contributed by atoms with Crippen molar-refractivity contribution in [3.63, 3.8) is 0 Å². The minimum Gasteiger partial charge on any atom is -0.387 e. The Hall–Kier alpha value is -2.06. The van der Waals surface area contributed by atoms with E-state index in [2.05, 4.69) is 5.10 Å². The highest BCUT2D eigenvalue weighted by molar-refractivity contribution is 7.14.